The number of aromatic nitrogens is 2. The first kappa shape index (κ1) is 16.7. The number of nitrogens with one attached hydrogen (secondary N) is 2. The van der Waals surface area contributed by atoms with Crippen molar-refractivity contribution in [2.75, 3.05) is 13.1 Å². The van der Waals surface area contributed by atoms with Crippen LogP contribution in [0.4, 0.5) is 0 Å². The predicted molar refractivity (Wildman–Crippen MR) is 93.0 cm³/mol. The average Bonchev–Trinajstić information content (AvgIpc) is 3.27. The van der Waals surface area contributed by atoms with Crippen molar-refractivity contribution < 1.29 is 9.59 Å². The number of nitrogens with zero attached hydrogens (tertiary/aromatic N) is 2. The SMILES string of the molecule is CC(C)(NC(=O)c1cccs1)C(=O)N1CCC[C@@H](c2ccn[nH]2)C1. The first-order valence-electron chi connectivity index (χ1n) is 8.12. The normalized spacial score (nSPS) is 18.4. The van der Waals surface area contributed by atoms with E-state index in [-0.39, 0.29) is 17.7 Å². The van der Waals surface area contributed by atoms with Crippen molar-refractivity contribution in [1.82, 2.24) is 20.4 Å². The summed E-state index contributed by atoms with van der Waals surface area (Å²) in [6.45, 7) is 4.91. The van der Waals surface area contributed by atoms with Crippen molar-refractivity contribution in [3.63, 3.8) is 0 Å². The molecular formula is C17H22N4O2S. The molecule has 6 nitrogen and oxygen atoms in total. The van der Waals surface area contributed by atoms with E-state index in [1.807, 2.05) is 22.4 Å². The van der Waals surface area contributed by atoms with Crippen molar-refractivity contribution in [3.05, 3.63) is 40.3 Å². The fraction of sp³-hybridized carbons (Fsp3) is 0.471. The third-order valence-corrected chi connectivity index (χ3v) is 5.25. The van der Waals surface area contributed by atoms with Gasteiger partial charge in [-0.3, -0.25) is 14.7 Å². The molecule has 3 rings (SSSR count). The first-order valence-corrected chi connectivity index (χ1v) is 9.00. The Morgan fingerprint density at radius 3 is 2.92 bits per heavy atom. The smallest absolute Gasteiger partial charge is 0.262 e. The summed E-state index contributed by atoms with van der Waals surface area (Å²) in [4.78, 5) is 27.7. The van der Waals surface area contributed by atoms with Crippen LogP contribution in [0.3, 0.4) is 0 Å². The van der Waals surface area contributed by atoms with E-state index < -0.39 is 5.54 Å². The van der Waals surface area contributed by atoms with Crippen LogP contribution in [0.2, 0.25) is 0 Å². The summed E-state index contributed by atoms with van der Waals surface area (Å²) >= 11 is 1.37. The molecule has 0 bridgehead atoms. The topological polar surface area (TPSA) is 78.1 Å². The molecule has 0 aliphatic carbocycles. The van der Waals surface area contributed by atoms with Gasteiger partial charge in [-0.25, -0.2) is 0 Å². The van der Waals surface area contributed by atoms with Crippen LogP contribution >= 0.6 is 11.3 Å². The van der Waals surface area contributed by atoms with Crippen LogP contribution < -0.4 is 5.32 Å². The van der Waals surface area contributed by atoms with Crippen LogP contribution in [0, 0.1) is 0 Å². The number of amides is 2. The Kier molecular flexibility index (Phi) is 4.71. The number of carbonyl (C=O) groups excluding carboxylic acids is 2. The van der Waals surface area contributed by atoms with Crippen molar-refractivity contribution in [3.8, 4) is 0 Å². The second-order valence-electron chi connectivity index (χ2n) is 6.66. The van der Waals surface area contributed by atoms with E-state index in [1.54, 1.807) is 26.1 Å². The molecule has 1 saturated heterocycles. The zero-order valence-corrected chi connectivity index (χ0v) is 14.7. The molecule has 2 aromatic heterocycles. The quantitative estimate of drug-likeness (QED) is 0.892. The van der Waals surface area contributed by atoms with Crippen molar-refractivity contribution in [1.29, 1.82) is 0 Å². The van der Waals surface area contributed by atoms with Gasteiger partial charge in [0.2, 0.25) is 5.91 Å². The number of aromatic amines is 1. The van der Waals surface area contributed by atoms with Gasteiger partial charge in [-0.15, -0.1) is 11.3 Å². The standard InChI is InChI=1S/C17H22N4O2S/c1-17(2,19-15(22)14-6-4-10-24-14)16(23)21-9-3-5-12(11-21)13-7-8-18-20-13/h4,6-8,10,12H,3,5,9,11H2,1-2H3,(H,18,20)(H,19,22)/t12-/m1/s1. The Morgan fingerprint density at radius 1 is 1.42 bits per heavy atom. The lowest BCUT2D eigenvalue weighted by Gasteiger charge is -2.37. The molecule has 1 fully saturated rings. The maximum atomic E-state index is 12.9. The Balaban J connectivity index is 1.66. The molecule has 0 radical (unpaired) electrons. The molecule has 0 saturated carbocycles. The zero-order chi connectivity index (χ0) is 17.2. The highest BCUT2D eigenvalue weighted by molar-refractivity contribution is 7.12. The van der Waals surface area contributed by atoms with E-state index in [2.05, 4.69) is 15.5 Å². The number of H-pyrrole nitrogens is 1. The van der Waals surface area contributed by atoms with Crippen molar-refractivity contribution >= 4 is 23.2 Å². The molecule has 1 atom stereocenters. The summed E-state index contributed by atoms with van der Waals surface area (Å²) < 4.78 is 0. The van der Waals surface area contributed by atoms with Gasteiger partial charge in [0.05, 0.1) is 4.88 Å². The molecule has 0 aromatic carbocycles. The molecule has 2 N–H and O–H groups in total. The molecule has 2 amide bonds. The predicted octanol–water partition coefficient (Wildman–Crippen LogP) is 2.39. The fourth-order valence-electron chi connectivity index (χ4n) is 3.11. The molecule has 1 aliphatic heterocycles. The molecular weight excluding hydrogens is 324 g/mol. The van der Waals surface area contributed by atoms with Gasteiger partial charge in [0.1, 0.15) is 5.54 Å². The summed E-state index contributed by atoms with van der Waals surface area (Å²) in [5.74, 6) is 0.0242. The molecule has 1 aliphatic rings. The maximum absolute atomic E-state index is 12.9. The minimum Gasteiger partial charge on any atom is -0.340 e. The highest BCUT2D eigenvalue weighted by Gasteiger charge is 2.36. The second kappa shape index (κ2) is 6.76. The minimum absolute atomic E-state index is 0.0448. The molecule has 7 heteroatoms. The summed E-state index contributed by atoms with van der Waals surface area (Å²) in [6.07, 6.45) is 3.72. The first-order chi connectivity index (χ1) is 11.5. The van der Waals surface area contributed by atoms with Gasteiger partial charge in [0.15, 0.2) is 0 Å². The second-order valence-corrected chi connectivity index (χ2v) is 7.61. The van der Waals surface area contributed by atoms with Crippen LogP contribution in [0.1, 0.15) is 48.0 Å². The molecule has 0 unspecified atom stereocenters. The minimum atomic E-state index is -0.934. The van der Waals surface area contributed by atoms with E-state index in [0.717, 1.165) is 25.1 Å². The van der Waals surface area contributed by atoms with E-state index >= 15 is 0 Å². The summed E-state index contributed by atoms with van der Waals surface area (Å²) in [5, 5.41) is 11.7. The monoisotopic (exact) mass is 346 g/mol. The molecule has 128 valence electrons. The van der Waals surface area contributed by atoms with Crippen LogP contribution in [-0.4, -0.2) is 45.5 Å². The Hall–Kier alpha value is -2.15. The van der Waals surface area contributed by atoms with Gasteiger partial charge in [-0.1, -0.05) is 6.07 Å². The van der Waals surface area contributed by atoms with Gasteiger partial charge in [-0.2, -0.15) is 5.10 Å². The molecule has 3 heterocycles. The third kappa shape index (κ3) is 3.51. The van der Waals surface area contributed by atoms with Gasteiger partial charge in [-0.05, 0) is 44.2 Å². The summed E-state index contributed by atoms with van der Waals surface area (Å²) in [7, 11) is 0. The van der Waals surface area contributed by atoms with E-state index in [0.29, 0.717) is 11.4 Å². The van der Waals surface area contributed by atoms with Crippen LogP contribution in [0.25, 0.3) is 0 Å². The zero-order valence-electron chi connectivity index (χ0n) is 13.9. The molecule has 0 spiro atoms. The highest BCUT2D eigenvalue weighted by Crippen LogP contribution is 2.26. The Labute approximate surface area is 145 Å². The lowest BCUT2D eigenvalue weighted by molar-refractivity contribution is -0.138. The maximum Gasteiger partial charge on any atom is 0.262 e. The van der Waals surface area contributed by atoms with Crippen LogP contribution in [0.5, 0.6) is 0 Å². The van der Waals surface area contributed by atoms with Gasteiger partial charge in [0, 0.05) is 30.9 Å². The van der Waals surface area contributed by atoms with Crippen LogP contribution in [0.15, 0.2) is 29.8 Å². The van der Waals surface area contributed by atoms with Gasteiger partial charge >= 0.3 is 0 Å². The van der Waals surface area contributed by atoms with Gasteiger partial charge < -0.3 is 10.2 Å². The molecule has 2 aromatic rings. The number of likely N-dealkylation sites (tertiary alicyclic amines) is 1. The number of hydrogen-bond acceptors (Lipinski definition) is 4. The number of rotatable bonds is 4. The van der Waals surface area contributed by atoms with Crippen molar-refractivity contribution in [2.45, 2.75) is 38.1 Å². The number of hydrogen-bond donors (Lipinski definition) is 2. The lowest BCUT2D eigenvalue weighted by atomic mass is 9.93. The van der Waals surface area contributed by atoms with Gasteiger partial charge in [0.25, 0.3) is 5.91 Å². The van der Waals surface area contributed by atoms with E-state index in [1.165, 1.54) is 11.3 Å². The van der Waals surface area contributed by atoms with Crippen LogP contribution in [-0.2, 0) is 4.79 Å². The van der Waals surface area contributed by atoms with E-state index in [9.17, 15) is 9.59 Å². The summed E-state index contributed by atoms with van der Waals surface area (Å²) in [5.41, 5.74) is 0.129. The molecule has 24 heavy (non-hydrogen) atoms. The Morgan fingerprint density at radius 2 is 2.25 bits per heavy atom. The lowest BCUT2D eigenvalue weighted by Crippen LogP contribution is -2.57. The summed E-state index contributed by atoms with van der Waals surface area (Å²) in [6, 6.07) is 5.55. The third-order valence-electron chi connectivity index (χ3n) is 4.38. The highest BCUT2D eigenvalue weighted by atomic mass is 32.1. The fourth-order valence-corrected chi connectivity index (χ4v) is 3.73. The van der Waals surface area contributed by atoms with E-state index in [4.69, 9.17) is 0 Å². The average molecular weight is 346 g/mol. The Bertz CT molecular complexity index is 694. The number of carbonyl (C=O) groups is 2. The largest absolute Gasteiger partial charge is 0.340 e. The van der Waals surface area contributed by atoms with Crippen molar-refractivity contribution in [2.24, 2.45) is 0 Å². The number of piperidine rings is 1. The number of thiophene rings is 1.